The second-order valence-electron chi connectivity index (χ2n) is 6.87. The van der Waals surface area contributed by atoms with Crippen LogP contribution in [0.2, 0.25) is 0 Å². The molecule has 1 aliphatic rings. The molecule has 1 heterocycles. The fraction of sp³-hybridized carbons (Fsp3) is 0.765. The average Bonchev–Trinajstić information content (AvgIpc) is 2.64. The van der Waals surface area contributed by atoms with Crippen LogP contribution in [-0.2, 0) is 19.2 Å². The Morgan fingerprint density at radius 2 is 1.39 bits per heavy atom. The molecule has 0 spiro atoms. The first kappa shape index (κ1) is 23.8. The first-order chi connectivity index (χ1) is 13.2. The molecule has 1 rings (SSSR count). The maximum atomic E-state index is 12.2. The van der Waals surface area contributed by atoms with Crippen LogP contribution in [0.25, 0.3) is 0 Å². The van der Waals surface area contributed by atoms with Crippen LogP contribution >= 0.6 is 0 Å². The van der Waals surface area contributed by atoms with Crippen molar-refractivity contribution in [3.63, 3.8) is 0 Å². The predicted molar refractivity (Wildman–Crippen MR) is 99.1 cm³/mol. The van der Waals surface area contributed by atoms with Gasteiger partial charge in [0.1, 0.15) is 0 Å². The summed E-state index contributed by atoms with van der Waals surface area (Å²) in [5.41, 5.74) is 0. The van der Waals surface area contributed by atoms with Crippen molar-refractivity contribution in [3.05, 3.63) is 0 Å². The monoisotopic (exact) mass is 402 g/mol. The van der Waals surface area contributed by atoms with E-state index in [1.54, 1.807) is 14.7 Å². The van der Waals surface area contributed by atoms with E-state index in [-0.39, 0.29) is 45.1 Å². The van der Waals surface area contributed by atoms with Crippen molar-refractivity contribution in [1.82, 2.24) is 20.0 Å². The quantitative estimate of drug-likeness (QED) is 0.338. The lowest BCUT2D eigenvalue weighted by atomic mass is 10.1. The van der Waals surface area contributed by atoms with Gasteiger partial charge in [0.2, 0.25) is 5.91 Å². The largest absolute Gasteiger partial charge is 0.480 e. The number of hydrogen-bond acceptors (Lipinski definition) is 7. The molecular weight excluding hydrogens is 372 g/mol. The van der Waals surface area contributed by atoms with E-state index in [9.17, 15) is 24.3 Å². The van der Waals surface area contributed by atoms with E-state index in [1.807, 2.05) is 6.92 Å². The van der Waals surface area contributed by atoms with Crippen LogP contribution in [0.4, 0.5) is 0 Å². The molecule has 28 heavy (non-hydrogen) atoms. The van der Waals surface area contributed by atoms with E-state index in [1.165, 1.54) is 0 Å². The molecule has 0 aromatic heterocycles. The molecular formula is C17H30N4O7. The van der Waals surface area contributed by atoms with Gasteiger partial charge in [-0.2, -0.15) is 0 Å². The zero-order valence-corrected chi connectivity index (χ0v) is 16.2. The minimum absolute atomic E-state index is 0.0440. The molecule has 1 atom stereocenters. The lowest BCUT2D eigenvalue weighted by molar-refractivity contribution is -0.141. The van der Waals surface area contributed by atoms with Gasteiger partial charge < -0.3 is 20.6 Å². The highest BCUT2D eigenvalue weighted by atomic mass is 16.4. The van der Waals surface area contributed by atoms with Crippen LogP contribution in [0.5, 0.6) is 0 Å². The third-order valence-corrected chi connectivity index (χ3v) is 4.47. The number of nitrogens with one attached hydrogen (secondary N) is 1. The van der Waals surface area contributed by atoms with Gasteiger partial charge in [0, 0.05) is 51.7 Å². The summed E-state index contributed by atoms with van der Waals surface area (Å²) in [6.45, 7) is 3.08. The normalized spacial score (nSPS) is 20.0. The Kier molecular flexibility index (Phi) is 10.4. The maximum absolute atomic E-state index is 12.2. The van der Waals surface area contributed by atoms with Gasteiger partial charge in [-0.1, -0.05) is 6.92 Å². The molecule has 0 saturated carbocycles. The van der Waals surface area contributed by atoms with Crippen LogP contribution in [0, 0.1) is 0 Å². The van der Waals surface area contributed by atoms with Crippen molar-refractivity contribution < 1.29 is 34.5 Å². The number of hydrogen-bond donors (Lipinski definition) is 4. The van der Waals surface area contributed by atoms with Crippen molar-refractivity contribution in [3.8, 4) is 0 Å². The molecule has 0 radical (unpaired) electrons. The third kappa shape index (κ3) is 9.62. The minimum atomic E-state index is -1.06. The van der Waals surface area contributed by atoms with Crippen molar-refractivity contribution in [2.45, 2.75) is 25.8 Å². The molecule has 0 aliphatic carbocycles. The number of aliphatic carboxylic acids is 3. The van der Waals surface area contributed by atoms with Gasteiger partial charge in [-0.15, -0.1) is 0 Å². The Morgan fingerprint density at radius 3 is 1.96 bits per heavy atom. The molecule has 1 fully saturated rings. The maximum Gasteiger partial charge on any atom is 0.317 e. The summed E-state index contributed by atoms with van der Waals surface area (Å²) in [7, 11) is 0. The van der Waals surface area contributed by atoms with Gasteiger partial charge in [-0.25, -0.2) is 0 Å². The number of carboxylic acid groups (broad SMARTS) is 3. The van der Waals surface area contributed by atoms with Crippen molar-refractivity contribution in [1.29, 1.82) is 0 Å². The summed E-state index contributed by atoms with van der Waals surface area (Å²) in [6, 6.07) is -0.489. The molecule has 11 heteroatoms. The van der Waals surface area contributed by atoms with Gasteiger partial charge in [0.25, 0.3) is 0 Å². The van der Waals surface area contributed by atoms with Crippen molar-refractivity contribution >= 4 is 23.8 Å². The van der Waals surface area contributed by atoms with E-state index in [0.717, 1.165) is 6.42 Å². The standard InChI is InChI=1S/C17H30N4O7/c1-2-3-18-14(22)8-13-9-20(11-16(25)26)5-4-19(10-15(23)24)6-7-21(13)12-17(27)28/h13H,2-12H2,1H3,(H,18,22)(H,23,24)(H,25,26)(H,27,28). The summed E-state index contributed by atoms with van der Waals surface area (Å²) < 4.78 is 0. The van der Waals surface area contributed by atoms with Gasteiger partial charge >= 0.3 is 17.9 Å². The van der Waals surface area contributed by atoms with E-state index >= 15 is 0 Å². The van der Waals surface area contributed by atoms with Gasteiger partial charge in [0.05, 0.1) is 19.6 Å². The summed E-state index contributed by atoms with van der Waals surface area (Å²) in [4.78, 5) is 50.7. The van der Waals surface area contributed by atoms with E-state index in [0.29, 0.717) is 26.2 Å². The molecule has 1 aliphatic heterocycles. The average molecular weight is 402 g/mol. The molecule has 1 amide bonds. The molecule has 1 unspecified atom stereocenters. The lowest BCUT2D eigenvalue weighted by Gasteiger charge is -2.32. The van der Waals surface area contributed by atoms with E-state index < -0.39 is 23.9 Å². The van der Waals surface area contributed by atoms with Gasteiger partial charge in [-0.3, -0.25) is 33.9 Å². The first-order valence-corrected chi connectivity index (χ1v) is 9.32. The highest BCUT2D eigenvalue weighted by Gasteiger charge is 2.29. The Morgan fingerprint density at radius 1 is 0.857 bits per heavy atom. The molecule has 0 aromatic rings. The highest BCUT2D eigenvalue weighted by Crippen LogP contribution is 2.11. The number of amides is 1. The SMILES string of the molecule is CCCNC(=O)CC1CN(CC(=O)O)CCN(CC(=O)O)CCN1CC(=O)O. The Bertz CT molecular complexity index is 558. The molecule has 4 N–H and O–H groups in total. The van der Waals surface area contributed by atoms with Crippen LogP contribution < -0.4 is 5.32 Å². The number of carboxylic acids is 3. The highest BCUT2D eigenvalue weighted by molar-refractivity contribution is 5.77. The number of carbonyl (C=O) groups excluding carboxylic acids is 1. The number of rotatable bonds is 10. The van der Waals surface area contributed by atoms with Crippen LogP contribution in [0.15, 0.2) is 0 Å². The molecule has 0 bridgehead atoms. The van der Waals surface area contributed by atoms with Crippen molar-refractivity contribution in [2.24, 2.45) is 0 Å². The second-order valence-corrected chi connectivity index (χ2v) is 6.87. The summed E-state index contributed by atoms with van der Waals surface area (Å²) >= 11 is 0. The molecule has 1 saturated heterocycles. The molecule has 11 nitrogen and oxygen atoms in total. The zero-order valence-electron chi connectivity index (χ0n) is 16.2. The summed E-state index contributed by atoms with van der Waals surface area (Å²) in [5, 5.41) is 30.2. The van der Waals surface area contributed by atoms with Crippen LogP contribution in [-0.4, -0.2) is 119 Å². The fourth-order valence-corrected chi connectivity index (χ4v) is 3.16. The van der Waals surface area contributed by atoms with Gasteiger partial charge in [0.15, 0.2) is 0 Å². The fourth-order valence-electron chi connectivity index (χ4n) is 3.16. The summed E-state index contributed by atoms with van der Waals surface area (Å²) in [6.07, 6.45) is 0.812. The number of nitrogens with zero attached hydrogens (tertiary/aromatic N) is 3. The smallest absolute Gasteiger partial charge is 0.317 e. The topological polar surface area (TPSA) is 151 Å². The van der Waals surface area contributed by atoms with Crippen LogP contribution in [0.3, 0.4) is 0 Å². The predicted octanol–water partition coefficient (Wildman–Crippen LogP) is -1.56. The van der Waals surface area contributed by atoms with Gasteiger partial charge in [-0.05, 0) is 6.42 Å². The zero-order chi connectivity index (χ0) is 21.1. The first-order valence-electron chi connectivity index (χ1n) is 9.32. The third-order valence-electron chi connectivity index (χ3n) is 4.47. The van der Waals surface area contributed by atoms with Crippen molar-refractivity contribution in [2.75, 3.05) is 58.9 Å². The van der Waals surface area contributed by atoms with Crippen LogP contribution in [0.1, 0.15) is 19.8 Å². The molecule has 0 aromatic carbocycles. The second kappa shape index (κ2) is 12.3. The summed E-state index contributed by atoms with van der Waals surface area (Å²) in [5.74, 6) is -3.33. The molecule has 160 valence electrons. The van der Waals surface area contributed by atoms with E-state index in [4.69, 9.17) is 10.2 Å². The Hall–Kier alpha value is -2.24. The number of carbonyl (C=O) groups is 4. The Balaban J connectivity index is 3.02. The lowest BCUT2D eigenvalue weighted by Crippen LogP contribution is -2.49. The minimum Gasteiger partial charge on any atom is -0.480 e. The van der Waals surface area contributed by atoms with E-state index in [2.05, 4.69) is 5.32 Å². The Labute approximate surface area is 163 Å².